The number of nitrogens with zero attached hydrogens (tertiary/aromatic N) is 1. The van der Waals surface area contributed by atoms with Crippen LogP contribution in [0.1, 0.15) is 18.6 Å². The van der Waals surface area contributed by atoms with E-state index in [1.54, 1.807) is 19.2 Å². The number of methoxy groups -OCH3 is 1. The molecule has 1 aromatic heterocycles. The molecule has 1 aromatic rings. The fraction of sp³-hybridized carbons (Fsp3) is 0.375. The Morgan fingerprint density at radius 3 is 2.83 bits per heavy atom. The van der Waals surface area contributed by atoms with Crippen molar-refractivity contribution in [1.82, 2.24) is 4.98 Å². The van der Waals surface area contributed by atoms with Crippen LogP contribution in [0.2, 0.25) is 0 Å². The molecular weight excluding hydrogens is 222 g/mol. The third-order valence-electron chi connectivity index (χ3n) is 1.49. The Balaban J connectivity index is 3.12. The quantitative estimate of drug-likeness (QED) is 0.846. The average molecular weight is 232 g/mol. The highest BCUT2D eigenvalue weighted by Gasteiger charge is 2.09. The second-order valence-corrected chi connectivity index (χ2v) is 3.34. The molecule has 0 aliphatic heterocycles. The van der Waals surface area contributed by atoms with Crippen LogP contribution >= 0.6 is 15.9 Å². The predicted molar refractivity (Wildman–Crippen MR) is 49.1 cm³/mol. The molecule has 0 amide bonds. The van der Waals surface area contributed by atoms with Gasteiger partial charge in [-0.2, -0.15) is 0 Å². The Kier molecular flexibility index (Phi) is 3.05. The first-order valence-electron chi connectivity index (χ1n) is 3.52. The molecule has 1 atom stereocenters. The smallest absolute Gasteiger partial charge is 0.218 e. The Hall–Kier alpha value is -0.610. The summed E-state index contributed by atoms with van der Waals surface area (Å²) in [6, 6.07) is 1.79. The molecule has 0 saturated carbocycles. The molecule has 0 fully saturated rings. The maximum absolute atomic E-state index is 9.32. The van der Waals surface area contributed by atoms with Crippen LogP contribution in [0, 0.1) is 0 Å². The zero-order valence-corrected chi connectivity index (χ0v) is 8.50. The summed E-state index contributed by atoms with van der Waals surface area (Å²) in [7, 11) is 1.53. The third kappa shape index (κ3) is 1.95. The molecule has 3 nitrogen and oxygen atoms in total. The van der Waals surface area contributed by atoms with Crippen molar-refractivity contribution >= 4 is 15.9 Å². The summed E-state index contributed by atoms with van der Waals surface area (Å²) >= 11 is 3.26. The minimum atomic E-state index is -0.565. The van der Waals surface area contributed by atoms with Gasteiger partial charge in [0.15, 0.2) is 0 Å². The molecule has 12 heavy (non-hydrogen) atoms. The van der Waals surface area contributed by atoms with E-state index in [1.165, 1.54) is 7.11 Å². The van der Waals surface area contributed by atoms with Gasteiger partial charge in [-0.3, -0.25) is 0 Å². The molecule has 1 heterocycles. The molecule has 0 radical (unpaired) electrons. The van der Waals surface area contributed by atoms with Crippen LogP contribution in [0.25, 0.3) is 0 Å². The summed E-state index contributed by atoms with van der Waals surface area (Å²) in [6.07, 6.45) is 1.06. The van der Waals surface area contributed by atoms with E-state index in [0.29, 0.717) is 11.4 Å². The van der Waals surface area contributed by atoms with Crippen LogP contribution in [-0.2, 0) is 0 Å². The second kappa shape index (κ2) is 3.87. The molecule has 0 aromatic carbocycles. The van der Waals surface area contributed by atoms with E-state index in [2.05, 4.69) is 20.9 Å². The summed E-state index contributed by atoms with van der Waals surface area (Å²) in [5.41, 5.74) is 0.687. The van der Waals surface area contributed by atoms with Crippen molar-refractivity contribution in [2.75, 3.05) is 7.11 Å². The number of hydrogen-bond donors (Lipinski definition) is 1. The topological polar surface area (TPSA) is 42.4 Å². The van der Waals surface area contributed by atoms with E-state index < -0.39 is 6.10 Å². The average Bonchev–Trinajstić information content (AvgIpc) is 2.04. The fourth-order valence-electron chi connectivity index (χ4n) is 0.912. The summed E-state index contributed by atoms with van der Waals surface area (Å²) < 4.78 is 5.80. The van der Waals surface area contributed by atoms with Gasteiger partial charge >= 0.3 is 0 Å². The molecule has 0 aliphatic carbocycles. The lowest BCUT2D eigenvalue weighted by Gasteiger charge is -2.09. The van der Waals surface area contributed by atoms with Gasteiger partial charge in [-0.05, 0) is 28.9 Å². The number of hydrogen-bond acceptors (Lipinski definition) is 3. The van der Waals surface area contributed by atoms with Crippen LogP contribution < -0.4 is 4.74 Å². The monoisotopic (exact) mass is 231 g/mol. The second-order valence-electron chi connectivity index (χ2n) is 2.43. The zero-order chi connectivity index (χ0) is 9.14. The van der Waals surface area contributed by atoms with Gasteiger partial charge in [0.1, 0.15) is 0 Å². The SMILES string of the molecule is COc1ncc(Br)cc1[C@@H](C)O. The fourth-order valence-corrected chi connectivity index (χ4v) is 1.26. The van der Waals surface area contributed by atoms with E-state index in [4.69, 9.17) is 4.74 Å². The van der Waals surface area contributed by atoms with E-state index in [-0.39, 0.29) is 0 Å². The number of aliphatic hydroxyl groups excluding tert-OH is 1. The molecule has 0 unspecified atom stereocenters. The molecule has 0 aliphatic rings. The van der Waals surface area contributed by atoms with E-state index >= 15 is 0 Å². The first-order chi connectivity index (χ1) is 5.65. The van der Waals surface area contributed by atoms with Crippen molar-refractivity contribution in [3.63, 3.8) is 0 Å². The Labute approximate surface area is 79.5 Å². The van der Waals surface area contributed by atoms with Gasteiger partial charge in [0.05, 0.1) is 13.2 Å². The first-order valence-corrected chi connectivity index (χ1v) is 4.32. The number of pyridine rings is 1. The van der Waals surface area contributed by atoms with Gasteiger partial charge in [0, 0.05) is 16.2 Å². The van der Waals surface area contributed by atoms with Gasteiger partial charge in [-0.15, -0.1) is 0 Å². The highest BCUT2D eigenvalue weighted by atomic mass is 79.9. The maximum atomic E-state index is 9.32. The highest BCUT2D eigenvalue weighted by molar-refractivity contribution is 9.10. The summed E-state index contributed by atoms with van der Waals surface area (Å²) in [5, 5.41) is 9.32. The minimum absolute atomic E-state index is 0.466. The summed E-state index contributed by atoms with van der Waals surface area (Å²) in [5.74, 6) is 0.466. The Morgan fingerprint density at radius 1 is 1.67 bits per heavy atom. The summed E-state index contributed by atoms with van der Waals surface area (Å²) in [6.45, 7) is 1.67. The third-order valence-corrected chi connectivity index (χ3v) is 1.92. The number of ether oxygens (including phenoxy) is 1. The van der Waals surface area contributed by atoms with Gasteiger partial charge in [-0.25, -0.2) is 4.98 Å². The molecule has 66 valence electrons. The molecular formula is C8H10BrNO2. The van der Waals surface area contributed by atoms with E-state index in [0.717, 1.165) is 4.47 Å². The van der Waals surface area contributed by atoms with Crippen LogP contribution in [0.5, 0.6) is 5.88 Å². The van der Waals surface area contributed by atoms with Crippen LogP contribution in [0.15, 0.2) is 16.7 Å². The standard InChI is InChI=1S/C8H10BrNO2/c1-5(11)7-3-6(9)4-10-8(7)12-2/h3-5,11H,1-2H3/t5-/m1/s1. The van der Waals surface area contributed by atoms with Crippen LogP contribution in [0.3, 0.4) is 0 Å². The molecule has 0 saturated heterocycles. The van der Waals surface area contributed by atoms with Crippen molar-refractivity contribution < 1.29 is 9.84 Å². The molecule has 1 rings (SSSR count). The van der Waals surface area contributed by atoms with Gasteiger partial charge in [-0.1, -0.05) is 0 Å². The predicted octanol–water partition coefficient (Wildman–Crippen LogP) is 1.91. The molecule has 1 N–H and O–H groups in total. The normalized spacial score (nSPS) is 12.7. The largest absolute Gasteiger partial charge is 0.481 e. The van der Waals surface area contributed by atoms with Crippen molar-refractivity contribution in [3.05, 3.63) is 22.3 Å². The van der Waals surface area contributed by atoms with E-state index in [1.807, 2.05) is 0 Å². The van der Waals surface area contributed by atoms with Crippen molar-refractivity contribution in [3.8, 4) is 5.88 Å². The lowest BCUT2D eigenvalue weighted by Crippen LogP contribution is -1.98. The number of halogens is 1. The van der Waals surface area contributed by atoms with E-state index in [9.17, 15) is 5.11 Å². The molecule has 4 heteroatoms. The number of aromatic nitrogens is 1. The van der Waals surface area contributed by atoms with Gasteiger partial charge in [0.2, 0.25) is 5.88 Å². The van der Waals surface area contributed by atoms with Gasteiger partial charge in [0.25, 0.3) is 0 Å². The van der Waals surface area contributed by atoms with Crippen molar-refractivity contribution in [2.24, 2.45) is 0 Å². The lowest BCUT2D eigenvalue weighted by molar-refractivity contribution is 0.193. The highest BCUT2D eigenvalue weighted by Crippen LogP contribution is 2.25. The lowest BCUT2D eigenvalue weighted by atomic mass is 10.2. The van der Waals surface area contributed by atoms with Crippen LogP contribution in [0.4, 0.5) is 0 Å². The first kappa shape index (κ1) is 9.48. The Morgan fingerprint density at radius 2 is 2.33 bits per heavy atom. The molecule has 0 spiro atoms. The molecule has 0 bridgehead atoms. The zero-order valence-electron chi connectivity index (χ0n) is 6.91. The van der Waals surface area contributed by atoms with Crippen LogP contribution in [-0.4, -0.2) is 17.2 Å². The number of aliphatic hydroxyl groups is 1. The van der Waals surface area contributed by atoms with Crippen molar-refractivity contribution in [2.45, 2.75) is 13.0 Å². The maximum Gasteiger partial charge on any atom is 0.218 e. The Bertz CT molecular complexity index is 276. The van der Waals surface area contributed by atoms with Gasteiger partial charge < -0.3 is 9.84 Å². The summed E-state index contributed by atoms with van der Waals surface area (Å²) in [4.78, 5) is 3.99. The van der Waals surface area contributed by atoms with Crippen molar-refractivity contribution in [1.29, 1.82) is 0 Å². The minimum Gasteiger partial charge on any atom is -0.481 e. The number of rotatable bonds is 2.